The third-order valence-corrected chi connectivity index (χ3v) is 4.89. The van der Waals surface area contributed by atoms with Gasteiger partial charge in [-0.2, -0.15) is 11.8 Å². The minimum atomic E-state index is -0.798. The van der Waals surface area contributed by atoms with Crippen molar-refractivity contribution < 1.29 is 8.78 Å². The third-order valence-electron chi connectivity index (χ3n) is 3.33. The van der Waals surface area contributed by atoms with Gasteiger partial charge in [0.25, 0.3) is 0 Å². The second-order valence-corrected chi connectivity index (χ2v) is 6.29. The quantitative estimate of drug-likeness (QED) is 0.887. The Morgan fingerprint density at radius 1 is 1.22 bits per heavy atom. The molecule has 1 aliphatic carbocycles. The number of rotatable bonds is 5. The number of thioether (sulfide) groups is 1. The van der Waals surface area contributed by atoms with Gasteiger partial charge in [0.2, 0.25) is 0 Å². The van der Waals surface area contributed by atoms with Crippen LogP contribution in [0.5, 0.6) is 0 Å². The molecule has 0 saturated heterocycles. The van der Waals surface area contributed by atoms with Gasteiger partial charge < -0.3 is 5.73 Å². The summed E-state index contributed by atoms with van der Waals surface area (Å²) in [7, 11) is 0. The molecule has 0 bridgehead atoms. The summed E-state index contributed by atoms with van der Waals surface area (Å²) in [5.74, 6) is -0.695. The molecule has 1 aromatic rings. The van der Waals surface area contributed by atoms with Crippen molar-refractivity contribution in [2.45, 2.75) is 43.4 Å². The minimum Gasteiger partial charge on any atom is -0.327 e. The summed E-state index contributed by atoms with van der Waals surface area (Å²) in [4.78, 5) is 0. The van der Waals surface area contributed by atoms with Crippen LogP contribution in [0, 0.1) is 11.6 Å². The molecule has 1 aromatic carbocycles. The lowest BCUT2D eigenvalue weighted by atomic mass is 10.1. The van der Waals surface area contributed by atoms with E-state index in [0.717, 1.165) is 16.6 Å². The Kier molecular flexibility index (Phi) is 5.01. The number of hydrogen-bond donors (Lipinski definition) is 1. The fourth-order valence-electron chi connectivity index (χ4n) is 2.34. The first-order valence-electron chi connectivity index (χ1n) is 6.46. The van der Waals surface area contributed by atoms with Crippen molar-refractivity contribution in [3.8, 4) is 0 Å². The zero-order valence-electron chi connectivity index (χ0n) is 10.4. The third kappa shape index (κ3) is 3.95. The van der Waals surface area contributed by atoms with Gasteiger partial charge >= 0.3 is 0 Å². The molecule has 2 rings (SSSR count). The van der Waals surface area contributed by atoms with E-state index >= 15 is 0 Å². The number of halogens is 2. The van der Waals surface area contributed by atoms with E-state index in [4.69, 9.17) is 5.73 Å². The van der Waals surface area contributed by atoms with E-state index in [-0.39, 0.29) is 6.04 Å². The van der Waals surface area contributed by atoms with E-state index in [0.29, 0.717) is 6.42 Å². The van der Waals surface area contributed by atoms with E-state index in [1.807, 2.05) is 11.8 Å². The first-order chi connectivity index (χ1) is 8.65. The van der Waals surface area contributed by atoms with E-state index < -0.39 is 11.6 Å². The van der Waals surface area contributed by atoms with Crippen molar-refractivity contribution in [3.05, 3.63) is 35.4 Å². The van der Waals surface area contributed by atoms with Crippen molar-refractivity contribution in [1.29, 1.82) is 0 Å². The zero-order chi connectivity index (χ0) is 13.0. The van der Waals surface area contributed by atoms with Crippen LogP contribution >= 0.6 is 11.8 Å². The molecular weight excluding hydrogens is 252 g/mol. The van der Waals surface area contributed by atoms with Crippen molar-refractivity contribution in [2.75, 3.05) is 5.75 Å². The van der Waals surface area contributed by atoms with Crippen LogP contribution in [0.15, 0.2) is 18.2 Å². The van der Waals surface area contributed by atoms with Crippen LogP contribution < -0.4 is 5.73 Å². The largest absolute Gasteiger partial charge is 0.327 e. The van der Waals surface area contributed by atoms with Gasteiger partial charge in [0.15, 0.2) is 11.6 Å². The predicted molar refractivity (Wildman–Crippen MR) is 72.8 cm³/mol. The maximum atomic E-state index is 13.0. The fraction of sp³-hybridized carbons (Fsp3) is 0.571. The highest BCUT2D eigenvalue weighted by Crippen LogP contribution is 2.29. The summed E-state index contributed by atoms with van der Waals surface area (Å²) < 4.78 is 25.8. The number of nitrogens with two attached hydrogens (primary N) is 1. The SMILES string of the molecule is NC(CSC1CCCC1)Cc1ccc(F)c(F)c1. The number of hydrogen-bond acceptors (Lipinski definition) is 2. The molecule has 0 spiro atoms. The van der Waals surface area contributed by atoms with Gasteiger partial charge in [0.1, 0.15) is 0 Å². The number of benzene rings is 1. The first kappa shape index (κ1) is 13.8. The summed E-state index contributed by atoms with van der Waals surface area (Å²) in [5, 5.41) is 0.751. The van der Waals surface area contributed by atoms with Gasteiger partial charge in [-0.3, -0.25) is 0 Å². The highest BCUT2D eigenvalue weighted by molar-refractivity contribution is 7.99. The summed E-state index contributed by atoms with van der Waals surface area (Å²) in [6, 6.07) is 4.04. The van der Waals surface area contributed by atoms with Crippen LogP contribution in [-0.4, -0.2) is 17.0 Å². The smallest absolute Gasteiger partial charge is 0.159 e. The molecular formula is C14H19F2NS. The van der Waals surface area contributed by atoms with Crippen molar-refractivity contribution in [1.82, 2.24) is 0 Å². The molecule has 1 fully saturated rings. The average Bonchev–Trinajstić information content (AvgIpc) is 2.84. The summed E-state index contributed by atoms with van der Waals surface area (Å²) >= 11 is 1.93. The molecule has 4 heteroatoms. The zero-order valence-corrected chi connectivity index (χ0v) is 11.2. The van der Waals surface area contributed by atoms with Gasteiger partial charge in [0, 0.05) is 17.0 Å². The first-order valence-corrected chi connectivity index (χ1v) is 7.51. The Balaban J connectivity index is 1.78. The predicted octanol–water partition coefficient (Wildman–Crippen LogP) is 3.51. The molecule has 0 amide bonds. The summed E-state index contributed by atoms with van der Waals surface area (Å²) in [6.45, 7) is 0. The van der Waals surface area contributed by atoms with Gasteiger partial charge in [-0.15, -0.1) is 0 Å². The van der Waals surface area contributed by atoms with Crippen molar-refractivity contribution in [3.63, 3.8) is 0 Å². The Morgan fingerprint density at radius 3 is 2.61 bits per heavy atom. The highest BCUT2D eigenvalue weighted by atomic mass is 32.2. The van der Waals surface area contributed by atoms with E-state index in [1.165, 1.54) is 37.8 Å². The molecule has 100 valence electrons. The van der Waals surface area contributed by atoms with Gasteiger partial charge in [-0.05, 0) is 37.0 Å². The lowest BCUT2D eigenvalue weighted by Crippen LogP contribution is -2.26. The Bertz CT molecular complexity index is 391. The summed E-state index contributed by atoms with van der Waals surface area (Å²) in [6.07, 6.45) is 5.86. The topological polar surface area (TPSA) is 26.0 Å². The molecule has 1 nitrogen and oxygen atoms in total. The van der Waals surface area contributed by atoms with Crippen LogP contribution in [-0.2, 0) is 6.42 Å². The van der Waals surface area contributed by atoms with Crippen LogP contribution in [0.1, 0.15) is 31.2 Å². The maximum absolute atomic E-state index is 13.0. The maximum Gasteiger partial charge on any atom is 0.159 e. The Hall–Kier alpha value is -0.610. The second kappa shape index (κ2) is 6.53. The molecule has 0 radical (unpaired) electrons. The van der Waals surface area contributed by atoms with Crippen LogP contribution in [0.3, 0.4) is 0 Å². The van der Waals surface area contributed by atoms with Crippen LogP contribution in [0.4, 0.5) is 8.78 Å². The normalized spacial score (nSPS) is 18.2. The lowest BCUT2D eigenvalue weighted by Gasteiger charge is -2.14. The minimum absolute atomic E-state index is 0.0143. The Labute approximate surface area is 111 Å². The van der Waals surface area contributed by atoms with E-state index in [1.54, 1.807) is 6.07 Å². The van der Waals surface area contributed by atoms with Gasteiger partial charge in [-0.1, -0.05) is 18.9 Å². The molecule has 18 heavy (non-hydrogen) atoms. The van der Waals surface area contributed by atoms with Gasteiger partial charge in [-0.25, -0.2) is 8.78 Å². The molecule has 1 saturated carbocycles. The van der Waals surface area contributed by atoms with Crippen LogP contribution in [0.25, 0.3) is 0 Å². The molecule has 1 unspecified atom stereocenters. The molecule has 1 aliphatic rings. The lowest BCUT2D eigenvalue weighted by molar-refractivity contribution is 0.506. The summed E-state index contributed by atoms with van der Waals surface area (Å²) in [5.41, 5.74) is 6.81. The Morgan fingerprint density at radius 2 is 1.94 bits per heavy atom. The van der Waals surface area contributed by atoms with Crippen LogP contribution in [0.2, 0.25) is 0 Å². The molecule has 1 atom stereocenters. The van der Waals surface area contributed by atoms with E-state index in [9.17, 15) is 8.78 Å². The fourth-order valence-corrected chi connectivity index (χ4v) is 3.65. The standard InChI is InChI=1S/C14H19F2NS/c15-13-6-5-10(8-14(13)16)7-11(17)9-18-12-3-1-2-4-12/h5-6,8,11-12H,1-4,7,9,17H2. The molecule has 2 N–H and O–H groups in total. The molecule has 0 aromatic heterocycles. The molecule has 0 heterocycles. The van der Waals surface area contributed by atoms with E-state index in [2.05, 4.69) is 0 Å². The van der Waals surface area contributed by atoms with Crippen molar-refractivity contribution >= 4 is 11.8 Å². The molecule has 0 aliphatic heterocycles. The second-order valence-electron chi connectivity index (χ2n) is 4.95. The van der Waals surface area contributed by atoms with Gasteiger partial charge in [0.05, 0.1) is 0 Å². The monoisotopic (exact) mass is 271 g/mol. The highest BCUT2D eigenvalue weighted by Gasteiger charge is 2.16. The average molecular weight is 271 g/mol. The van der Waals surface area contributed by atoms with Crippen molar-refractivity contribution in [2.24, 2.45) is 5.73 Å².